The molecule has 6 heteroatoms. The molecule has 6 nitrogen and oxygen atoms in total. The zero-order chi connectivity index (χ0) is 23.8. The first kappa shape index (κ1) is 23.3. The Balaban J connectivity index is 1.61. The number of aryl methyl sites for hydroxylation is 2. The fourth-order valence-electron chi connectivity index (χ4n) is 3.23. The van der Waals surface area contributed by atoms with Gasteiger partial charge in [0.05, 0.1) is 19.2 Å². The molecule has 0 aromatic heterocycles. The van der Waals surface area contributed by atoms with Crippen molar-refractivity contribution < 1.29 is 19.1 Å². The standard InChI is InChI=1S/C27H24N2O4/c1-18-12-19(2)14-23(13-18)26(31)28-17-25(30)29-24-9-5-7-21(16-24)11-10-20-6-4-8-22(15-20)27(32)33-3/h4-9,12-16H,17H2,1-3H3,(H,28,31)(H,29,30). The largest absolute Gasteiger partial charge is 0.465 e. The van der Waals surface area contributed by atoms with E-state index in [1.807, 2.05) is 26.0 Å². The van der Waals surface area contributed by atoms with Gasteiger partial charge in [0.15, 0.2) is 0 Å². The first-order valence-corrected chi connectivity index (χ1v) is 10.3. The summed E-state index contributed by atoms with van der Waals surface area (Å²) in [6, 6.07) is 19.5. The molecule has 0 heterocycles. The third kappa shape index (κ3) is 6.81. The van der Waals surface area contributed by atoms with Crippen LogP contribution in [0.2, 0.25) is 0 Å². The van der Waals surface area contributed by atoms with Gasteiger partial charge in [-0.2, -0.15) is 0 Å². The van der Waals surface area contributed by atoms with E-state index in [9.17, 15) is 14.4 Å². The number of rotatable bonds is 5. The second-order valence-electron chi connectivity index (χ2n) is 7.51. The molecule has 2 amide bonds. The molecule has 0 bridgehead atoms. The van der Waals surface area contributed by atoms with Gasteiger partial charge < -0.3 is 15.4 Å². The maximum absolute atomic E-state index is 12.3. The number of methoxy groups -OCH3 is 1. The van der Waals surface area contributed by atoms with Gasteiger partial charge in [-0.25, -0.2) is 4.79 Å². The van der Waals surface area contributed by atoms with Crippen LogP contribution in [0.4, 0.5) is 5.69 Å². The van der Waals surface area contributed by atoms with E-state index in [0.717, 1.165) is 11.1 Å². The molecule has 0 spiro atoms. The highest BCUT2D eigenvalue weighted by Gasteiger charge is 2.09. The summed E-state index contributed by atoms with van der Waals surface area (Å²) in [7, 11) is 1.33. The average molecular weight is 440 g/mol. The molecule has 2 N–H and O–H groups in total. The van der Waals surface area contributed by atoms with Crippen molar-refractivity contribution >= 4 is 23.5 Å². The van der Waals surface area contributed by atoms with Crippen LogP contribution in [0.25, 0.3) is 0 Å². The Hall–Kier alpha value is -4.37. The molecule has 166 valence electrons. The molecule has 0 fully saturated rings. The van der Waals surface area contributed by atoms with Crippen molar-refractivity contribution in [2.24, 2.45) is 0 Å². The number of hydrogen-bond donors (Lipinski definition) is 2. The molecule has 0 atom stereocenters. The lowest BCUT2D eigenvalue weighted by molar-refractivity contribution is -0.115. The summed E-state index contributed by atoms with van der Waals surface area (Å²) in [5.74, 6) is 4.95. The van der Waals surface area contributed by atoms with Crippen LogP contribution in [0.5, 0.6) is 0 Å². The molecule has 0 aliphatic heterocycles. The van der Waals surface area contributed by atoms with Crippen LogP contribution in [-0.4, -0.2) is 31.4 Å². The monoisotopic (exact) mass is 440 g/mol. The zero-order valence-corrected chi connectivity index (χ0v) is 18.7. The summed E-state index contributed by atoms with van der Waals surface area (Å²) in [4.78, 5) is 36.3. The van der Waals surface area contributed by atoms with Crippen molar-refractivity contribution in [2.45, 2.75) is 13.8 Å². The molecular formula is C27H24N2O4. The van der Waals surface area contributed by atoms with Crippen molar-refractivity contribution in [1.29, 1.82) is 0 Å². The highest BCUT2D eigenvalue weighted by atomic mass is 16.5. The third-order valence-electron chi connectivity index (χ3n) is 4.67. The van der Waals surface area contributed by atoms with Crippen LogP contribution in [-0.2, 0) is 9.53 Å². The van der Waals surface area contributed by atoms with Gasteiger partial charge in [-0.15, -0.1) is 0 Å². The molecule has 0 unspecified atom stereocenters. The smallest absolute Gasteiger partial charge is 0.337 e. The molecule has 3 aromatic carbocycles. The Morgan fingerprint density at radius 1 is 0.818 bits per heavy atom. The maximum atomic E-state index is 12.3. The summed E-state index contributed by atoms with van der Waals surface area (Å²) >= 11 is 0. The second-order valence-corrected chi connectivity index (χ2v) is 7.51. The third-order valence-corrected chi connectivity index (χ3v) is 4.67. The number of esters is 1. The van der Waals surface area contributed by atoms with Gasteiger partial charge in [-0.3, -0.25) is 9.59 Å². The van der Waals surface area contributed by atoms with E-state index in [2.05, 4.69) is 22.5 Å². The molecule has 0 aliphatic carbocycles. The normalized spacial score (nSPS) is 9.91. The van der Waals surface area contributed by atoms with Gasteiger partial charge >= 0.3 is 5.97 Å². The number of benzene rings is 3. The van der Waals surface area contributed by atoms with Crippen molar-refractivity contribution in [3.05, 3.63) is 100 Å². The van der Waals surface area contributed by atoms with Crippen LogP contribution >= 0.6 is 0 Å². The number of carbonyl (C=O) groups excluding carboxylic acids is 3. The van der Waals surface area contributed by atoms with Gasteiger partial charge in [0.1, 0.15) is 0 Å². The minimum atomic E-state index is -0.423. The van der Waals surface area contributed by atoms with Crippen LogP contribution < -0.4 is 10.6 Å². The van der Waals surface area contributed by atoms with Crippen LogP contribution in [0.3, 0.4) is 0 Å². The highest BCUT2D eigenvalue weighted by molar-refractivity contribution is 5.99. The first-order valence-electron chi connectivity index (χ1n) is 10.3. The average Bonchev–Trinajstić information content (AvgIpc) is 2.80. The topological polar surface area (TPSA) is 84.5 Å². The van der Waals surface area contributed by atoms with E-state index in [-0.39, 0.29) is 18.4 Å². The highest BCUT2D eigenvalue weighted by Crippen LogP contribution is 2.11. The minimum absolute atomic E-state index is 0.151. The fraction of sp³-hybridized carbons (Fsp3) is 0.148. The summed E-state index contributed by atoms with van der Waals surface area (Å²) in [5.41, 5.74) is 4.84. The lowest BCUT2D eigenvalue weighted by Crippen LogP contribution is -2.32. The van der Waals surface area contributed by atoms with Crippen LogP contribution in [0, 0.1) is 25.7 Å². The van der Waals surface area contributed by atoms with E-state index in [1.54, 1.807) is 54.6 Å². The second kappa shape index (κ2) is 10.8. The molecule has 0 aliphatic rings. The number of anilines is 1. The Kier molecular flexibility index (Phi) is 7.61. The molecular weight excluding hydrogens is 416 g/mol. The summed E-state index contributed by atoms with van der Waals surface area (Å²) < 4.78 is 4.72. The minimum Gasteiger partial charge on any atom is -0.465 e. The van der Waals surface area contributed by atoms with Gasteiger partial charge in [0.2, 0.25) is 5.91 Å². The first-order chi connectivity index (χ1) is 15.8. The molecule has 0 radical (unpaired) electrons. The zero-order valence-electron chi connectivity index (χ0n) is 18.7. The number of hydrogen-bond acceptors (Lipinski definition) is 4. The number of ether oxygens (including phenoxy) is 1. The Bertz CT molecular complexity index is 1250. The van der Waals surface area contributed by atoms with E-state index < -0.39 is 5.97 Å². The van der Waals surface area contributed by atoms with Gasteiger partial charge in [-0.1, -0.05) is 41.2 Å². The van der Waals surface area contributed by atoms with Gasteiger partial charge in [0.25, 0.3) is 5.91 Å². The predicted molar refractivity (Wildman–Crippen MR) is 127 cm³/mol. The SMILES string of the molecule is COC(=O)c1cccc(C#Cc2cccc(NC(=O)CNC(=O)c3cc(C)cc(C)c3)c2)c1. The van der Waals surface area contributed by atoms with Gasteiger partial charge in [-0.05, 0) is 62.4 Å². The maximum Gasteiger partial charge on any atom is 0.337 e. The van der Waals surface area contributed by atoms with Gasteiger partial charge in [0, 0.05) is 22.4 Å². The lowest BCUT2D eigenvalue weighted by atomic mass is 10.1. The quantitative estimate of drug-likeness (QED) is 0.466. The van der Waals surface area contributed by atoms with Crippen LogP contribution in [0.1, 0.15) is 43.0 Å². The van der Waals surface area contributed by atoms with Crippen molar-refractivity contribution in [2.75, 3.05) is 19.0 Å². The van der Waals surface area contributed by atoms with Crippen molar-refractivity contribution in [3.63, 3.8) is 0 Å². The molecule has 0 saturated heterocycles. The van der Waals surface area contributed by atoms with E-state index in [1.165, 1.54) is 7.11 Å². The van der Waals surface area contributed by atoms with Crippen molar-refractivity contribution in [1.82, 2.24) is 5.32 Å². The number of amides is 2. The van der Waals surface area contributed by atoms with E-state index in [0.29, 0.717) is 27.9 Å². The molecule has 3 rings (SSSR count). The Morgan fingerprint density at radius 3 is 2.12 bits per heavy atom. The Labute approximate surface area is 193 Å². The number of carbonyl (C=O) groups is 3. The fourth-order valence-corrected chi connectivity index (χ4v) is 3.23. The van der Waals surface area contributed by atoms with E-state index in [4.69, 9.17) is 4.74 Å². The Morgan fingerprint density at radius 2 is 1.45 bits per heavy atom. The lowest BCUT2D eigenvalue weighted by Gasteiger charge is -2.08. The molecule has 0 saturated carbocycles. The number of nitrogens with one attached hydrogen (secondary N) is 2. The summed E-state index contributed by atoms with van der Waals surface area (Å²) in [6.07, 6.45) is 0. The van der Waals surface area contributed by atoms with Crippen molar-refractivity contribution in [3.8, 4) is 11.8 Å². The molecule has 33 heavy (non-hydrogen) atoms. The summed E-state index contributed by atoms with van der Waals surface area (Å²) in [6.45, 7) is 3.69. The predicted octanol–water partition coefficient (Wildman–Crippen LogP) is 3.86. The van der Waals surface area contributed by atoms with E-state index >= 15 is 0 Å². The molecule has 3 aromatic rings. The van der Waals surface area contributed by atoms with Crippen LogP contribution in [0.15, 0.2) is 66.7 Å². The summed E-state index contributed by atoms with van der Waals surface area (Å²) in [5, 5.41) is 5.40.